The van der Waals surface area contributed by atoms with Crippen molar-refractivity contribution in [1.29, 1.82) is 5.26 Å². The highest BCUT2D eigenvalue weighted by Gasteiger charge is 2.24. The molecule has 1 heterocycles. The van der Waals surface area contributed by atoms with Crippen molar-refractivity contribution in [1.82, 2.24) is 15.5 Å². The number of carbonyl (C=O) groups is 2. The summed E-state index contributed by atoms with van der Waals surface area (Å²) in [6.07, 6.45) is 0. The Bertz CT molecular complexity index is 585. The number of nitrogens with zero attached hydrogens (tertiary/aromatic N) is 2. The van der Waals surface area contributed by atoms with Crippen LogP contribution in [0.3, 0.4) is 0 Å². The van der Waals surface area contributed by atoms with Crippen molar-refractivity contribution in [2.24, 2.45) is 0 Å². The van der Waals surface area contributed by atoms with Gasteiger partial charge in [-0.2, -0.15) is 5.26 Å². The summed E-state index contributed by atoms with van der Waals surface area (Å²) in [6, 6.07) is 8.69. The van der Waals surface area contributed by atoms with E-state index in [9.17, 15) is 9.59 Å². The summed E-state index contributed by atoms with van der Waals surface area (Å²) in [5, 5.41) is 14.5. The van der Waals surface area contributed by atoms with E-state index in [0.29, 0.717) is 23.1 Å². The van der Waals surface area contributed by atoms with Crippen LogP contribution in [0.25, 0.3) is 0 Å². The fraction of sp³-hybridized carbons (Fsp3) is 0.357. The molecule has 2 amide bonds. The van der Waals surface area contributed by atoms with Crippen molar-refractivity contribution in [3.63, 3.8) is 0 Å². The predicted molar refractivity (Wildman–Crippen MR) is 80.5 cm³/mol. The fourth-order valence-corrected chi connectivity index (χ4v) is 2.59. The highest BCUT2D eigenvalue weighted by Crippen LogP contribution is 2.15. The number of nitriles is 1. The topological polar surface area (TPSA) is 85.2 Å². The van der Waals surface area contributed by atoms with Crippen molar-refractivity contribution in [3.05, 3.63) is 34.3 Å². The van der Waals surface area contributed by atoms with Gasteiger partial charge in [-0.15, -0.1) is 0 Å². The third-order valence-corrected chi connectivity index (χ3v) is 3.91. The molecule has 1 aromatic carbocycles. The van der Waals surface area contributed by atoms with Crippen LogP contribution in [0.15, 0.2) is 28.7 Å². The van der Waals surface area contributed by atoms with E-state index in [1.165, 1.54) is 0 Å². The second-order valence-electron chi connectivity index (χ2n) is 4.68. The van der Waals surface area contributed by atoms with Gasteiger partial charge in [-0.25, -0.2) is 0 Å². The standard InChI is InChI=1S/C14H15BrN4O2/c15-12-4-2-1-3-11(12)14(21)18-13(20)9-19-6-5-17-8-10(19)7-16/h1-4,10,17H,5-6,8-9H2,(H,18,20,21). The second-order valence-corrected chi connectivity index (χ2v) is 5.53. The van der Waals surface area contributed by atoms with Crippen LogP contribution in [0, 0.1) is 11.3 Å². The van der Waals surface area contributed by atoms with Crippen LogP contribution in [0.2, 0.25) is 0 Å². The van der Waals surface area contributed by atoms with Crippen LogP contribution in [-0.2, 0) is 4.79 Å². The molecule has 1 fully saturated rings. The van der Waals surface area contributed by atoms with Gasteiger partial charge in [-0.1, -0.05) is 12.1 Å². The summed E-state index contributed by atoms with van der Waals surface area (Å²) in [5.41, 5.74) is 0.406. The SMILES string of the molecule is N#CC1CNCCN1CC(=O)NC(=O)c1ccccc1Br. The smallest absolute Gasteiger partial charge is 0.259 e. The molecule has 0 radical (unpaired) electrons. The van der Waals surface area contributed by atoms with Crippen LogP contribution < -0.4 is 10.6 Å². The molecule has 2 N–H and O–H groups in total. The lowest BCUT2D eigenvalue weighted by Gasteiger charge is -2.31. The van der Waals surface area contributed by atoms with E-state index in [4.69, 9.17) is 5.26 Å². The zero-order valence-corrected chi connectivity index (χ0v) is 12.9. The number of carbonyl (C=O) groups excluding carboxylic acids is 2. The molecular formula is C14H15BrN4O2. The van der Waals surface area contributed by atoms with Crippen LogP contribution >= 0.6 is 15.9 Å². The van der Waals surface area contributed by atoms with Crippen LogP contribution in [0.1, 0.15) is 10.4 Å². The Morgan fingerprint density at radius 2 is 2.24 bits per heavy atom. The van der Waals surface area contributed by atoms with E-state index < -0.39 is 11.8 Å². The summed E-state index contributed by atoms with van der Waals surface area (Å²) >= 11 is 3.27. The van der Waals surface area contributed by atoms with Crippen molar-refractivity contribution >= 4 is 27.7 Å². The summed E-state index contributed by atoms with van der Waals surface area (Å²) in [5.74, 6) is -0.853. The molecule has 0 aliphatic carbocycles. The molecule has 1 saturated heterocycles. The van der Waals surface area contributed by atoms with E-state index in [0.717, 1.165) is 6.54 Å². The second kappa shape index (κ2) is 7.31. The normalized spacial score (nSPS) is 18.8. The van der Waals surface area contributed by atoms with E-state index in [2.05, 4.69) is 32.6 Å². The number of halogens is 1. The van der Waals surface area contributed by atoms with Gasteiger partial charge in [0.2, 0.25) is 5.91 Å². The largest absolute Gasteiger partial charge is 0.313 e. The number of rotatable bonds is 3. The van der Waals surface area contributed by atoms with Crippen molar-refractivity contribution in [3.8, 4) is 6.07 Å². The van der Waals surface area contributed by atoms with Crippen LogP contribution in [0.5, 0.6) is 0 Å². The summed E-state index contributed by atoms with van der Waals surface area (Å²) in [6.45, 7) is 1.90. The Morgan fingerprint density at radius 3 is 2.95 bits per heavy atom. The molecule has 0 spiro atoms. The van der Waals surface area contributed by atoms with E-state index in [1.54, 1.807) is 29.2 Å². The zero-order valence-electron chi connectivity index (χ0n) is 11.3. The number of piperazine rings is 1. The average Bonchev–Trinajstić information content (AvgIpc) is 2.48. The first-order valence-corrected chi connectivity index (χ1v) is 7.34. The van der Waals surface area contributed by atoms with Gasteiger partial charge in [-0.05, 0) is 28.1 Å². The van der Waals surface area contributed by atoms with Crippen LogP contribution in [0.4, 0.5) is 0 Å². The fourth-order valence-electron chi connectivity index (χ4n) is 2.13. The summed E-state index contributed by atoms with van der Waals surface area (Å²) in [4.78, 5) is 25.7. The third-order valence-electron chi connectivity index (χ3n) is 3.22. The molecule has 0 bridgehead atoms. The average molecular weight is 351 g/mol. The lowest BCUT2D eigenvalue weighted by Crippen LogP contribution is -2.53. The molecule has 1 aliphatic rings. The van der Waals surface area contributed by atoms with Crippen molar-refractivity contribution < 1.29 is 9.59 Å². The van der Waals surface area contributed by atoms with Gasteiger partial charge < -0.3 is 5.32 Å². The first-order valence-electron chi connectivity index (χ1n) is 6.55. The van der Waals surface area contributed by atoms with Gasteiger partial charge >= 0.3 is 0 Å². The maximum Gasteiger partial charge on any atom is 0.259 e. The van der Waals surface area contributed by atoms with Crippen molar-refractivity contribution in [2.75, 3.05) is 26.2 Å². The minimum atomic E-state index is -0.448. The van der Waals surface area contributed by atoms with Gasteiger partial charge in [0, 0.05) is 24.1 Å². The van der Waals surface area contributed by atoms with Gasteiger partial charge in [0.1, 0.15) is 6.04 Å². The van der Waals surface area contributed by atoms with Crippen LogP contribution in [-0.4, -0.2) is 48.9 Å². The Labute approximate surface area is 131 Å². The highest BCUT2D eigenvalue weighted by molar-refractivity contribution is 9.10. The number of hydrogen-bond donors (Lipinski definition) is 2. The summed E-state index contributed by atoms with van der Waals surface area (Å²) in [7, 11) is 0. The molecule has 1 atom stereocenters. The number of imide groups is 1. The highest BCUT2D eigenvalue weighted by atomic mass is 79.9. The molecular weight excluding hydrogens is 336 g/mol. The zero-order chi connectivity index (χ0) is 15.2. The van der Waals surface area contributed by atoms with Gasteiger partial charge in [0.15, 0.2) is 0 Å². The Hall–Kier alpha value is -1.75. The maximum absolute atomic E-state index is 12.0. The lowest BCUT2D eigenvalue weighted by atomic mass is 10.2. The number of benzene rings is 1. The number of amides is 2. The molecule has 7 heteroatoms. The lowest BCUT2D eigenvalue weighted by molar-refractivity contribution is -0.121. The summed E-state index contributed by atoms with van der Waals surface area (Å²) < 4.78 is 0.632. The minimum Gasteiger partial charge on any atom is -0.313 e. The molecule has 110 valence electrons. The van der Waals surface area contributed by atoms with E-state index in [1.807, 2.05) is 0 Å². The number of nitrogens with one attached hydrogen (secondary N) is 2. The van der Waals surface area contributed by atoms with E-state index >= 15 is 0 Å². The third kappa shape index (κ3) is 4.11. The minimum absolute atomic E-state index is 0.0378. The maximum atomic E-state index is 12.0. The Balaban J connectivity index is 1.94. The molecule has 0 aromatic heterocycles. The number of hydrogen-bond acceptors (Lipinski definition) is 5. The molecule has 21 heavy (non-hydrogen) atoms. The molecule has 1 aromatic rings. The van der Waals surface area contributed by atoms with Gasteiger partial charge in [0.05, 0.1) is 18.2 Å². The quantitative estimate of drug-likeness (QED) is 0.829. The molecule has 2 rings (SSSR count). The first-order chi connectivity index (χ1) is 10.1. The first kappa shape index (κ1) is 15.6. The van der Waals surface area contributed by atoms with Gasteiger partial charge in [0.25, 0.3) is 5.91 Å². The molecule has 1 unspecified atom stereocenters. The Morgan fingerprint density at radius 1 is 1.48 bits per heavy atom. The monoisotopic (exact) mass is 350 g/mol. The molecule has 0 saturated carbocycles. The molecule has 6 nitrogen and oxygen atoms in total. The predicted octanol–water partition coefficient (Wildman–Crippen LogP) is 0.503. The Kier molecular flexibility index (Phi) is 5.44. The van der Waals surface area contributed by atoms with Gasteiger partial charge in [-0.3, -0.25) is 19.8 Å². The molecule has 1 aliphatic heterocycles. The van der Waals surface area contributed by atoms with Crippen molar-refractivity contribution in [2.45, 2.75) is 6.04 Å². The van der Waals surface area contributed by atoms with E-state index in [-0.39, 0.29) is 12.6 Å².